The molecule has 1 heterocycles. The van der Waals surface area contributed by atoms with Crippen molar-refractivity contribution in [1.29, 1.82) is 0 Å². The summed E-state index contributed by atoms with van der Waals surface area (Å²) in [4.78, 5) is 12.4. The molecule has 1 N–H and O–H groups in total. The highest BCUT2D eigenvalue weighted by molar-refractivity contribution is 6.17. The smallest absolute Gasteiger partial charge is 0.226 e. The van der Waals surface area contributed by atoms with Gasteiger partial charge in [-0.05, 0) is 32.1 Å². The van der Waals surface area contributed by atoms with E-state index in [1.54, 1.807) is 0 Å². The van der Waals surface area contributed by atoms with Gasteiger partial charge in [0.1, 0.15) is 0 Å². The lowest BCUT2D eigenvalue weighted by molar-refractivity contribution is -0.128. The van der Waals surface area contributed by atoms with E-state index in [4.69, 9.17) is 16.3 Å². The highest BCUT2D eigenvalue weighted by Gasteiger charge is 2.42. The second kappa shape index (κ2) is 6.76. The molecule has 1 aliphatic heterocycles. The summed E-state index contributed by atoms with van der Waals surface area (Å²) < 4.78 is 5.72. The SMILES string of the molecule is CC(C)C(CCCl)NC(=O)C1C(C)OC(C)C1C. The van der Waals surface area contributed by atoms with E-state index >= 15 is 0 Å². The minimum absolute atomic E-state index is 0.00110. The molecule has 5 unspecified atom stereocenters. The van der Waals surface area contributed by atoms with Crippen molar-refractivity contribution >= 4 is 17.5 Å². The third kappa shape index (κ3) is 3.61. The van der Waals surface area contributed by atoms with E-state index in [-0.39, 0.29) is 36.0 Å². The van der Waals surface area contributed by atoms with Crippen molar-refractivity contribution in [2.75, 3.05) is 5.88 Å². The Balaban J connectivity index is 2.63. The summed E-state index contributed by atoms with van der Waals surface area (Å²) >= 11 is 5.79. The monoisotopic (exact) mass is 275 g/mol. The Kier molecular flexibility index (Phi) is 5.93. The zero-order valence-electron chi connectivity index (χ0n) is 12.1. The van der Waals surface area contributed by atoms with Crippen LogP contribution in [0.5, 0.6) is 0 Å². The Morgan fingerprint density at radius 2 is 1.89 bits per heavy atom. The van der Waals surface area contributed by atoms with Crippen LogP contribution in [0.15, 0.2) is 0 Å². The Morgan fingerprint density at radius 1 is 1.28 bits per heavy atom. The first kappa shape index (κ1) is 15.8. The fourth-order valence-electron chi connectivity index (χ4n) is 2.69. The maximum Gasteiger partial charge on any atom is 0.226 e. The van der Waals surface area contributed by atoms with Crippen LogP contribution >= 0.6 is 11.6 Å². The van der Waals surface area contributed by atoms with Gasteiger partial charge in [0.15, 0.2) is 0 Å². The maximum absolute atomic E-state index is 12.4. The first-order valence-corrected chi connectivity index (χ1v) is 7.43. The summed E-state index contributed by atoms with van der Waals surface area (Å²) in [6, 6.07) is 0.158. The molecule has 0 radical (unpaired) electrons. The first-order chi connectivity index (χ1) is 8.38. The van der Waals surface area contributed by atoms with Crippen LogP contribution in [0.2, 0.25) is 0 Å². The van der Waals surface area contributed by atoms with Gasteiger partial charge in [-0.2, -0.15) is 0 Å². The fourth-order valence-corrected chi connectivity index (χ4v) is 2.92. The van der Waals surface area contributed by atoms with Gasteiger partial charge in [0.2, 0.25) is 5.91 Å². The number of ether oxygens (including phenoxy) is 1. The van der Waals surface area contributed by atoms with Crippen molar-refractivity contribution < 1.29 is 9.53 Å². The van der Waals surface area contributed by atoms with Gasteiger partial charge < -0.3 is 10.1 Å². The number of rotatable bonds is 5. The number of amides is 1. The molecule has 3 nitrogen and oxygen atoms in total. The van der Waals surface area contributed by atoms with Gasteiger partial charge in [-0.25, -0.2) is 0 Å². The normalized spacial score (nSPS) is 33.7. The highest BCUT2D eigenvalue weighted by atomic mass is 35.5. The van der Waals surface area contributed by atoms with Gasteiger partial charge >= 0.3 is 0 Å². The molecule has 0 spiro atoms. The molecule has 0 aromatic heterocycles. The molecule has 0 aromatic rings. The van der Waals surface area contributed by atoms with E-state index in [9.17, 15) is 4.79 Å². The Hall–Kier alpha value is -0.280. The molecule has 18 heavy (non-hydrogen) atoms. The lowest BCUT2D eigenvalue weighted by Gasteiger charge is -2.25. The summed E-state index contributed by atoms with van der Waals surface area (Å²) in [6.07, 6.45) is 0.969. The van der Waals surface area contributed by atoms with E-state index < -0.39 is 0 Å². The molecule has 4 heteroatoms. The third-order valence-electron chi connectivity index (χ3n) is 4.10. The standard InChI is InChI=1S/C14H26ClNO2/c1-8(2)12(6-7-15)16-14(17)13-9(3)10(4)18-11(13)5/h8-13H,6-7H2,1-5H3,(H,16,17). The van der Waals surface area contributed by atoms with Crippen molar-refractivity contribution in [3.05, 3.63) is 0 Å². The van der Waals surface area contributed by atoms with Crippen LogP contribution < -0.4 is 5.32 Å². The van der Waals surface area contributed by atoms with Crippen LogP contribution in [0.4, 0.5) is 0 Å². The van der Waals surface area contributed by atoms with Gasteiger partial charge in [0, 0.05) is 11.9 Å². The topological polar surface area (TPSA) is 38.3 Å². The average Bonchev–Trinajstić information content (AvgIpc) is 2.52. The quantitative estimate of drug-likeness (QED) is 0.784. The maximum atomic E-state index is 12.4. The number of hydrogen-bond donors (Lipinski definition) is 1. The Morgan fingerprint density at radius 3 is 2.28 bits per heavy atom. The second-order valence-electron chi connectivity index (χ2n) is 5.77. The van der Waals surface area contributed by atoms with E-state index in [2.05, 4.69) is 26.1 Å². The summed E-state index contributed by atoms with van der Waals surface area (Å²) in [6.45, 7) is 10.3. The zero-order valence-corrected chi connectivity index (χ0v) is 12.8. The Bertz CT molecular complexity index is 283. The molecule has 0 aliphatic carbocycles. The van der Waals surface area contributed by atoms with Crippen molar-refractivity contribution in [3.63, 3.8) is 0 Å². The van der Waals surface area contributed by atoms with Gasteiger partial charge in [-0.1, -0.05) is 20.8 Å². The van der Waals surface area contributed by atoms with Crippen LogP contribution in [0.3, 0.4) is 0 Å². The molecule has 1 aliphatic rings. The molecule has 1 rings (SSSR count). The number of alkyl halides is 1. The van der Waals surface area contributed by atoms with Gasteiger partial charge in [-0.15, -0.1) is 11.6 Å². The lowest BCUT2D eigenvalue weighted by atomic mass is 9.88. The van der Waals surface area contributed by atoms with Crippen molar-refractivity contribution in [3.8, 4) is 0 Å². The summed E-state index contributed by atoms with van der Waals surface area (Å²) in [7, 11) is 0. The first-order valence-electron chi connectivity index (χ1n) is 6.90. The lowest BCUT2D eigenvalue weighted by Crippen LogP contribution is -2.45. The molecule has 5 atom stereocenters. The molecular formula is C14H26ClNO2. The van der Waals surface area contributed by atoms with Crippen LogP contribution in [-0.2, 0) is 9.53 Å². The number of hydrogen-bond acceptors (Lipinski definition) is 2. The second-order valence-corrected chi connectivity index (χ2v) is 6.15. The van der Waals surface area contributed by atoms with E-state index in [1.807, 2.05) is 13.8 Å². The number of halogens is 1. The van der Waals surface area contributed by atoms with Crippen LogP contribution in [0.25, 0.3) is 0 Å². The van der Waals surface area contributed by atoms with Crippen molar-refractivity contribution in [1.82, 2.24) is 5.32 Å². The molecule has 0 saturated carbocycles. The summed E-state index contributed by atoms with van der Waals surface area (Å²) in [5, 5.41) is 3.14. The molecule has 1 amide bonds. The fraction of sp³-hybridized carbons (Fsp3) is 0.929. The van der Waals surface area contributed by atoms with Crippen molar-refractivity contribution in [2.24, 2.45) is 17.8 Å². The van der Waals surface area contributed by atoms with E-state index in [0.29, 0.717) is 11.8 Å². The number of carbonyl (C=O) groups is 1. The van der Waals surface area contributed by atoms with Gasteiger partial charge in [-0.3, -0.25) is 4.79 Å². The van der Waals surface area contributed by atoms with Crippen molar-refractivity contribution in [2.45, 2.75) is 59.3 Å². The average molecular weight is 276 g/mol. The molecule has 0 bridgehead atoms. The molecule has 106 valence electrons. The van der Waals surface area contributed by atoms with Gasteiger partial charge in [0.25, 0.3) is 0 Å². The predicted molar refractivity (Wildman–Crippen MR) is 74.8 cm³/mol. The van der Waals surface area contributed by atoms with E-state index in [0.717, 1.165) is 6.42 Å². The molecule has 0 aromatic carbocycles. The van der Waals surface area contributed by atoms with Crippen LogP contribution in [-0.4, -0.2) is 30.0 Å². The number of nitrogens with one attached hydrogen (secondary N) is 1. The van der Waals surface area contributed by atoms with Gasteiger partial charge in [0.05, 0.1) is 18.1 Å². The Labute approximate surface area is 116 Å². The minimum Gasteiger partial charge on any atom is -0.374 e. The summed E-state index contributed by atoms with van der Waals surface area (Å²) in [5.41, 5.74) is 0. The predicted octanol–water partition coefficient (Wildman–Crippen LogP) is 2.82. The number of carbonyl (C=O) groups excluding carboxylic acids is 1. The third-order valence-corrected chi connectivity index (χ3v) is 4.32. The molecular weight excluding hydrogens is 250 g/mol. The minimum atomic E-state index is -0.0448. The zero-order chi connectivity index (χ0) is 13.9. The molecule has 1 saturated heterocycles. The molecule has 1 fully saturated rings. The largest absolute Gasteiger partial charge is 0.374 e. The van der Waals surface area contributed by atoms with E-state index in [1.165, 1.54) is 0 Å². The van der Waals surface area contributed by atoms with Crippen LogP contribution in [0, 0.1) is 17.8 Å². The highest BCUT2D eigenvalue weighted by Crippen LogP contribution is 2.32. The summed E-state index contributed by atoms with van der Waals surface area (Å²) in [5.74, 6) is 1.31. The van der Waals surface area contributed by atoms with Crippen LogP contribution in [0.1, 0.15) is 41.0 Å².